The molecule has 33 heavy (non-hydrogen) atoms. The Hall–Kier alpha value is -4.01. The van der Waals surface area contributed by atoms with Gasteiger partial charge < -0.3 is 24.7 Å². The Kier molecular flexibility index (Phi) is 6.21. The summed E-state index contributed by atoms with van der Waals surface area (Å²) >= 11 is 0. The SMILES string of the molecule is C/C(C=N)=C(/O)C(=O)N1CCc2cc(OCc3c(-c4ccc(C)nc4)noc3C)ncc2C1. The molecule has 1 aliphatic heterocycles. The molecule has 170 valence electrons. The van der Waals surface area contributed by atoms with Crippen LogP contribution in [-0.2, 0) is 24.4 Å². The van der Waals surface area contributed by atoms with Crippen LogP contribution in [0.4, 0.5) is 0 Å². The summed E-state index contributed by atoms with van der Waals surface area (Å²) in [6.07, 6.45) is 5.04. The molecule has 1 amide bonds. The number of nitrogens with zero attached hydrogens (tertiary/aromatic N) is 4. The van der Waals surface area contributed by atoms with E-state index in [4.69, 9.17) is 14.7 Å². The van der Waals surface area contributed by atoms with Crippen molar-refractivity contribution in [1.82, 2.24) is 20.0 Å². The first-order valence-corrected chi connectivity index (χ1v) is 10.6. The van der Waals surface area contributed by atoms with Crippen molar-refractivity contribution in [2.75, 3.05) is 6.54 Å². The van der Waals surface area contributed by atoms with Crippen LogP contribution in [0.2, 0.25) is 0 Å². The molecule has 0 fully saturated rings. The molecular weight excluding hydrogens is 422 g/mol. The smallest absolute Gasteiger partial charge is 0.289 e. The molecule has 0 bridgehead atoms. The van der Waals surface area contributed by atoms with Crippen molar-refractivity contribution >= 4 is 12.1 Å². The average molecular weight is 447 g/mol. The quantitative estimate of drug-likeness (QED) is 0.335. The van der Waals surface area contributed by atoms with Crippen LogP contribution in [0.3, 0.4) is 0 Å². The first-order chi connectivity index (χ1) is 15.9. The third kappa shape index (κ3) is 4.62. The number of aryl methyl sites for hydroxylation is 2. The fourth-order valence-corrected chi connectivity index (χ4v) is 3.60. The van der Waals surface area contributed by atoms with E-state index in [0.717, 1.165) is 34.2 Å². The molecule has 0 saturated heterocycles. The number of aliphatic hydroxyl groups is 1. The summed E-state index contributed by atoms with van der Waals surface area (Å²) in [6.45, 7) is 6.34. The maximum absolute atomic E-state index is 12.5. The summed E-state index contributed by atoms with van der Waals surface area (Å²) in [6, 6.07) is 5.75. The standard InChI is InChI=1S/C24H25N5O4/c1-14(9-25)23(30)24(31)29-7-6-17-8-21(27-11-19(17)12-29)32-13-20-16(3)33-28-22(20)18-5-4-15(2)26-10-18/h4-5,8-11,25,30H,6-7,12-13H2,1-3H3/b23-14-,25-9?. The van der Waals surface area contributed by atoms with Gasteiger partial charge in [0.1, 0.15) is 18.1 Å². The van der Waals surface area contributed by atoms with Crippen molar-refractivity contribution in [2.24, 2.45) is 0 Å². The molecule has 3 aromatic heterocycles. The van der Waals surface area contributed by atoms with E-state index in [1.165, 1.54) is 6.92 Å². The van der Waals surface area contributed by atoms with Crippen LogP contribution < -0.4 is 4.74 Å². The summed E-state index contributed by atoms with van der Waals surface area (Å²) in [7, 11) is 0. The third-order valence-electron chi connectivity index (χ3n) is 5.68. The molecule has 3 aromatic rings. The Morgan fingerprint density at radius 1 is 1.27 bits per heavy atom. The molecule has 0 spiro atoms. The molecule has 0 saturated carbocycles. The van der Waals surface area contributed by atoms with Gasteiger partial charge in [0.25, 0.3) is 5.91 Å². The molecule has 2 N–H and O–H groups in total. The van der Waals surface area contributed by atoms with Crippen LogP contribution >= 0.6 is 0 Å². The first-order valence-electron chi connectivity index (χ1n) is 10.6. The Bertz CT molecular complexity index is 1230. The van der Waals surface area contributed by atoms with Gasteiger partial charge in [-0.2, -0.15) is 0 Å². The highest BCUT2D eigenvalue weighted by Gasteiger charge is 2.25. The van der Waals surface area contributed by atoms with Gasteiger partial charge in [-0.05, 0) is 50.5 Å². The normalized spacial score (nSPS) is 13.8. The number of carbonyl (C=O) groups is 1. The molecule has 0 atom stereocenters. The highest BCUT2D eigenvalue weighted by molar-refractivity contribution is 5.97. The molecular formula is C24H25N5O4. The largest absolute Gasteiger partial charge is 0.503 e. The molecule has 4 heterocycles. The predicted octanol–water partition coefficient (Wildman–Crippen LogP) is 3.69. The molecule has 1 aliphatic rings. The van der Waals surface area contributed by atoms with Crippen LogP contribution in [0, 0.1) is 19.3 Å². The molecule has 9 heteroatoms. The van der Waals surface area contributed by atoms with E-state index < -0.39 is 11.7 Å². The van der Waals surface area contributed by atoms with Gasteiger partial charge in [-0.25, -0.2) is 4.98 Å². The minimum absolute atomic E-state index is 0.234. The van der Waals surface area contributed by atoms with Crippen LogP contribution in [0.25, 0.3) is 11.3 Å². The average Bonchev–Trinajstić information content (AvgIpc) is 3.21. The zero-order valence-electron chi connectivity index (χ0n) is 18.8. The molecule has 0 aromatic carbocycles. The minimum Gasteiger partial charge on any atom is -0.503 e. The minimum atomic E-state index is -0.483. The van der Waals surface area contributed by atoms with Gasteiger partial charge in [0.05, 0.1) is 5.56 Å². The number of rotatable bonds is 6. The zero-order chi connectivity index (χ0) is 23.5. The van der Waals surface area contributed by atoms with E-state index >= 15 is 0 Å². The zero-order valence-corrected chi connectivity index (χ0v) is 18.8. The number of carbonyl (C=O) groups excluding carboxylic acids is 1. The summed E-state index contributed by atoms with van der Waals surface area (Å²) in [5.41, 5.74) is 5.48. The first kappa shape index (κ1) is 22.2. The monoisotopic (exact) mass is 447 g/mol. The molecule has 0 unspecified atom stereocenters. The summed E-state index contributed by atoms with van der Waals surface area (Å²) < 4.78 is 11.3. The van der Waals surface area contributed by atoms with E-state index in [0.29, 0.717) is 36.8 Å². The van der Waals surface area contributed by atoms with Crippen LogP contribution in [0.1, 0.15) is 35.1 Å². The second kappa shape index (κ2) is 9.23. The number of ether oxygens (including phenoxy) is 1. The molecule has 0 aliphatic carbocycles. The van der Waals surface area contributed by atoms with E-state index in [9.17, 15) is 9.90 Å². The fraction of sp³-hybridized carbons (Fsp3) is 0.292. The highest BCUT2D eigenvalue weighted by atomic mass is 16.5. The number of allylic oxidation sites excluding steroid dienone is 1. The molecule has 0 radical (unpaired) electrons. The van der Waals surface area contributed by atoms with Gasteiger partial charge in [-0.3, -0.25) is 9.78 Å². The van der Waals surface area contributed by atoms with E-state index in [-0.39, 0.29) is 12.2 Å². The van der Waals surface area contributed by atoms with Crippen LogP contribution in [0.15, 0.2) is 46.4 Å². The number of pyridine rings is 2. The van der Waals surface area contributed by atoms with E-state index in [2.05, 4.69) is 15.1 Å². The van der Waals surface area contributed by atoms with Gasteiger partial charge in [-0.1, -0.05) is 5.16 Å². The third-order valence-corrected chi connectivity index (χ3v) is 5.68. The van der Waals surface area contributed by atoms with Gasteiger partial charge in [-0.15, -0.1) is 0 Å². The van der Waals surface area contributed by atoms with Crippen LogP contribution in [0.5, 0.6) is 5.88 Å². The van der Waals surface area contributed by atoms with Crippen molar-refractivity contribution in [3.63, 3.8) is 0 Å². The van der Waals surface area contributed by atoms with Crippen molar-refractivity contribution in [3.8, 4) is 17.1 Å². The summed E-state index contributed by atoms with van der Waals surface area (Å²) in [4.78, 5) is 22.7. The van der Waals surface area contributed by atoms with Crippen LogP contribution in [-0.4, -0.2) is 43.8 Å². The Balaban J connectivity index is 1.47. The lowest BCUT2D eigenvalue weighted by atomic mass is 10.0. The summed E-state index contributed by atoms with van der Waals surface area (Å²) in [5.74, 6) is 0.267. The fourth-order valence-electron chi connectivity index (χ4n) is 3.60. The maximum atomic E-state index is 12.5. The number of aromatic nitrogens is 3. The number of hydrogen-bond acceptors (Lipinski definition) is 8. The Labute approximate surface area is 191 Å². The van der Waals surface area contributed by atoms with Gasteiger partial charge in [0, 0.05) is 54.6 Å². The van der Waals surface area contributed by atoms with Gasteiger partial charge >= 0.3 is 0 Å². The highest BCUT2D eigenvalue weighted by Crippen LogP contribution is 2.27. The maximum Gasteiger partial charge on any atom is 0.289 e. The Morgan fingerprint density at radius 3 is 2.82 bits per heavy atom. The molecule has 4 rings (SSSR count). The van der Waals surface area contributed by atoms with E-state index in [1.807, 2.05) is 32.0 Å². The number of aliphatic hydroxyl groups excluding tert-OH is 1. The van der Waals surface area contributed by atoms with Crippen molar-refractivity contribution < 1.29 is 19.2 Å². The second-order valence-electron chi connectivity index (χ2n) is 7.99. The number of fused-ring (bicyclic) bond motifs is 1. The van der Waals surface area contributed by atoms with Gasteiger partial charge in [0.2, 0.25) is 5.88 Å². The molecule has 9 nitrogen and oxygen atoms in total. The lowest BCUT2D eigenvalue weighted by molar-refractivity contribution is -0.130. The van der Waals surface area contributed by atoms with Crippen molar-refractivity contribution in [3.05, 3.63) is 70.1 Å². The van der Waals surface area contributed by atoms with Crippen molar-refractivity contribution in [1.29, 1.82) is 5.41 Å². The van der Waals surface area contributed by atoms with Crippen molar-refractivity contribution in [2.45, 2.75) is 40.3 Å². The van der Waals surface area contributed by atoms with E-state index in [1.54, 1.807) is 17.3 Å². The lowest BCUT2D eigenvalue weighted by Crippen LogP contribution is -2.37. The Morgan fingerprint density at radius 2 is 2.09 bits per heavy atom. The predicted molar refractivity (Wildman–Crippen MR) is 121 cm³/mol. The summed E-state index contributed by atoms with van der Waals surface area (Å²) in [5, 5.41) is 21.4. The number of hydrogen-bond donors (Lipinski definition) is 2. The topological polar surface area (TPSA) is 125 Å². The number of nitrogens with one attached hydrogen (secondary N) is 1. The second-order valence-corrected chi connectivity index (χ2v) is 7.99. The number of amides is 1. The van der Waals surface area contributed by atoms with Gasteiger partial charge in [0.15, 0.2) is 5.76 Å². The lowest BCUT2D eigenvalue weighted by Gasteiger charge is -2.28.